The predicted octanol–water partition coefficient (Wildman–Crippen LogP) is 2.77. The van der Waals surface area contributed by atoms with Crippen molar-refractivity contribution in [3.05, 3.63) is 35.0 Å². The summed E-state index contributed by atoms with van der Waals surface area (Å²) in [5.41, 5.74) is 4.09. The monoisotopic (exact) mass is 301 g/mol. The lowest BCUT2D eigenvalue weighted by atomic mass is 9.95. The van der Waals surface area contributed by atoms with E-state index in [4.69, 9.17) is 9.47 Å². The third kappa shape index (κ3) is 2.84. The molecule has 1 heterocycles. The molecule has 5 heteroatoms. The van der Waals surface area contributed by atoms with Crippen molar-refractivity contribution >= 4 is 22.8 Å². The molecular weight excluding hydrogens is 282 g/mol. The van der Waals surface area contributed by atoms with E-state index < -0.39 is 11.9 Å². The molecule has 1 aromatic heterocycles. The molecule has 22 heavy (non-hydrogen) atoms. The molecule has 0 amide bonds. The van der Waals surface area contributed by atoms with Gasteiger partial charge in [0, 0.05) is 16.6 Å². The number of carbonyl (C=O) groups is 2. The minimum Gasteiger partial charge on any atom is -0.463 e. The summed E-state index contributed by atoms with van der Waals surface area (Å²) in [5.74, 6) is -1.03. The van der Waals surface area contributed by atoms with Crippen molar-refractivity contribution in [2.24, 2.45) is 0 Å². The van der Waals surface area contributed by atoms with Crippen LogP contribution in [-0.4, -0.2) is 30.1 Å². The molecule has 0 spiro atoms. The highest BCUT2D eigenvalue weighted by Gasteiger charge is 2.17. The number of hydrogen-bond acceptors (Lipinski definition) is 4. The molecule has 5 nitrogen and oxygen atoms in total. The van der Waals surface area contributed by atoms with E-state index >= 15 is 0 Å². The number of H-pyrrole nitrogens is 1. The zero-order valence-corrected chi connectivity index (χ0v) is 12.6. The molecule has 116 valence electrons. The molecular formula is C17H19NO4. The van der Waals surface area contributed by atoms with E-state index in [1.807, 2.05) is 12.1 Å². The number of aromatic nitrogens is 1. The topological polar surface area (TPSA) is 68.4 Å². The summed E-state index contributed by atoms with van der Waals surface area (Å²) in [4.78, 5) is 26.7. The molecule has 1 aromatic carbocycles. The summed E-state index contributed by atoms with van der Waals surface area (Å²) in [6.07, 6.45) is 4.48. The van der Waals surface area contributed by atoms with Crippen molar-refractivity contribution in [3.8, 4) is 0 Å². The Morgan fingerprint density at radius 1 is 1.18 bits per heavy atom. The Labute approximate surface area is 128 Å². The van der Waals surface area contributed by atoms with E-state index in [1.165, 1.54) is 24.1 Å². The van der Waals surface area contributed by atoms with Crippen LogP contribution >= 0.6 is 0 Å². The molecule has 0 atom stereocenters. The van der Waals surface area contributed by atoms with Crippen LogP contribution in [0.4, 0.5) is 0 Å². The van der Waals surface area contributed by atoms with Crippen molar-refractivity contribution in [2.45, 2.75) is 32.6 Å². The first-order valence-corrected chi connectivity index (χ1v) is 7.65. The largest absolute Gasteiger partial charge is 0.463 e. The summed E-state index contributed by atoms with van der Waals surface area (Å²) < 4.78 is 9.73. The number of aromatic amines is 1. The summed E-state index contributed by atoms with van der Waals surface area (Å²) in [6.45, 7) is 1.64. The number of nitrogens with one attached hydrogen (secondary N) is 1. The third-order valence-corrected chi connectivity index (χ3v) is 3.96. The number of fused-ring (bicyclic) bond motifs is 3. The van der Waals surface area contributed by atoms with Gasteiger partial charge in [0.1, 0.15) is 0 Å². The molecule has 1 N–H and O–H groups in total. The number of aryl methyl sites for hydroxylation is 2. The highest BCUT2D eigenvalue weighted by Crippen LogP contribution is 2.29. The van der Waals surface area contributed by atoms with Crippen molar-refractivity contribution < 1.29 is 19.1 Å². The van der Waals surface area contributed by atoms with E-state index in [0.29, 0.717) is 5.56 Å². The van der Waals surface area contributed by atoms with Crippen LogP contribution in [0.15, 0.2) is 18.2 Å². The maximum atomic E-state index is 12.0. The Balaban J connectivity index is 1.79. The fourth-order valence-corrected chi connectivity index (χ4v) is 2.94. The molecule has 0 fully saturated rings. The van der Waals surface area contributed by atoms with Crippen LogP contribution in [0.25, 0.3) is 10.9 Å². The number of ether oxygens (including phenoxy) is 2. The summed E-state index contributed by atoms with van der Waals surface area (Å²) >= 11 is 0. The lowest BCUT2D eigenvalue weighted by Crippen LogP contribution is -2.16. The Morgan fingerprint density at radius 3 is 2.82 bits per heavy atom. The maximum Gasteiger partial charge on any atom is 0.344 e. The molecule has 1 aliphatic carbocycles. The molecule has 0 aliphatic heterocycles. The molecule has 0 saturated carbocycles. The SMILES string of the molecule is CCOC(=O)COC(=O)c1ccc2[nH]c3c(c2c1)CCCC3. The zero-order valence-electron chi connectivity index (χ0n) is 12.6. The first-order valence-electron chi connectivity index (χ1n) is 7.65. The standard InChI is InChI=1S/C17H19NO4/c1-2-21-16(19)10-22-17(20)11-7-8-15-13(9-11)12-5-3-4-6-14(12)18-15/h7-9,18H,2-6,10H2,1H3. The van der Waals surface area contributed by atoms with Gasteiger partial charge in [-0.1, -0.05) is 0 Å². The second kappa shape index (κ2) is 6.22. The van der Waals surface area contributed by atoms with Crippen LogP contribution in [0.2, 0.25) is 0 Å². The van der Waals surface area contributed by atoms with E-state index in [1.54, 1.807) is 13.0 Å². The van der Waals surface area contributed by atoms with Gasteiger partial charge in [0.15, 0.2) is 6.61 Å². The van der Waals surface area contributed by atoms with E-state index in [2.05, 4.69) is 4.98 Å². The highest BCUT2D eigenvalue weighted by molar-refractivity contribution is 5.96. The minimum atomic E-state index is -0.532. The fraction of sp³-hybridized carbons (Fsp3) is 0.412. The number of esters is 2. The Bertz CT molecular complexity index is 717. The Morgan fingerprint density at radius 2 is 2.00 bits per heavy atom. The number of rotatable bonds is 4. The second-order valence-corrected chi connectivity index (χ2v) is 5.43. The van der Waals surface area contributed by atoms with Gasteiger partial charge in [-0.05, 0) is 56.4 Å². The van der Waals surface area contributed by atoms with Crippen LogP contribution in [0, 0.1) is 0 Å². The highest BCUT2D eigenvalue weighted by atomic mass is 16.6. The maximum absolute atomic E-state index is 12.0. The summed E-state index contributed by atoms with van der Waals surface area (Å²) in [7, 11) is 0. The van der Waals surface area contributed by atoms with Gasteiger partial charge in [0.25, 0.3) is 0 Å². The van der Waals surface area contributed by atoms with Gasteiger partial charge in [-0.25, -0.2) is 9.59 Å². The summed E-state index contributed by atoms with van der Waals surface area (Å²) in [6, 6.07) is 5.47. The molecule has 0 unspecified atom stereocenters. The third-order valence-electron chi connectivity index (χ3n) is 3.96. The van der Waals surface area contributed by atoms with Crippen LogP contribution in [0.3, 0.4) is 0 Å². The minimum absolute atomic E-state index is 0.276. The first kappa shape index (κ1) is 14.6. The van der Waals surface area contributed by atoms with Crippen molar-refractivity contribution in [1.82, 2.24) is 4.98 Å². The van der Waals surface area contributed by atoms with Crippen LogP contribution in [0.1, 0.15) is 41.4 Å². The lowest BCUT2D eigenvalue weighted by Gasteiger charge is -2.10. The second-order valence-electron chi connectivity index (χ2n) is 5.43. The number of benzene rings is 1. The Hall–Kier alpha value is -2.30. The lowest BCUT2D eigenvalue weighted by molar-refractivity contribution is -0.146. The van der Waals surface area contributed by atoms with Crippen molar-refractivity contribution in [2.75, 3.05) is 13.2 Å². The predicted molar refractivity (Wildman–Crippen MR) is 81.9 cm³/mol. The Kier molecular flexibility index (Phi) is 4.13. The van der Waals surface area contributed by atoms with Crippen LogP contribution < -0.4 is 0 Å². The number of carbonyl (C=O) groups excluding carboxylic acids is 2. The van der Waals surface area contributed by atoms with E-state index in [9.17, 15) is 9.59 Å². The zero-order chi connectivity index (χ0) is 15.5. The smallest absolute Gasteiger partial charge is 0.344 e. The molecule has 0 radical (unpaired) electrons. The van der Waals surface area contributed by atoms with Gasteiger partial charge in [-0.2, -0.15) is 0 Å². The van der Waals surface area contributed by atoms with Crippen LogP contribution in [0.5, 0.6) is 0 Å². The van der Waals surface area contributed by atoms with E-state index in [0.717, 1.165) is 23.7 Å². The van der Waals surface area contributed by atoms with Gasteiger partial charge < -0.3 is 14.5 Å². The molecule has 3 rings (SSSR count). The molecule has 2 aromatic rings. The average Bonchev–Trinajstić information content (AvgIpc) is 2.90. The fourth-order valence-electron chi connectivity index (χ4n) is 2.94. The van der Waals surface area contributed by atoms with Gasteiger partial charge in [-0.15, -0.1) is 0 Å². The van der Waals surface area contributed by atoms with Gasteiger partial charge in [-0.3, -0.25) is 0 Å². The van der Waals surface area contributed by atoms with Crippen molar-refractivity contribution in [3.63, 3.8) is 0 Å². The van der Waals surface area contributed by atoms with Gasteiger partial charge in [0.2, 0.25) is 0 Å². The molecule has 0 saturated heterocycles. The summed E-state index contributed by atoms with van der Waals surface area (Å²) in [5, 5.41) is 1.08. The quantitative estimate of drug-likeness (QED) is 0.882. The molecule has 0 bridgehead atoms. The van der Waals surface area contributed by atoms with Gasteiger partial charge >= 0.3 is 11.9 Å². The van der Waals surface area contributed by atoms with Gasteiger partial charge in [0.05, 0.1) is 12.2 Å². The first-order chi connectivity index (χ1) is 10.7. The average molecular weight is 301 g/mol. The van der Waals surface area contributed by atoms with Crippen molar-refractivity contribution in [1.29, 1.82) is 0 Å². The normalized spacial score (nSPS) is 13.7. The molecule has 1 aliphatic rings. The van der Waals surface area contributed by atoms with Crippen LogP contribution in [-0.2, 0) is 27.1 Å². The van der Waals surface area contributed by atoms with E-state index in [-0.39, 0.29) is 13.2 Å². The number of hydrogen-bond donors (Lipinski definition) is 1.